The Bertz CT molecular complexity index is 694. The van der Waals surface area contributed by atoms with Crippen LogP contribution in [0.5, 0.6) is 5.75 Å². The Labute approximate surface area is 132 Å². The van der Waals surface area contributed by atoms with Gasteiger partial charge < -0.3 is 15.4 Å². The molecule has 114 valence electrons. The number of rotatable bonds is 2. The van der Waals surface area contributed by atoms with E-state index in [0.29, 0.717) is 11.3 Å². The first-order valence-corrected chi connectivity index (χ1v) is 7.99. The Balaban J connectivity index is 1.83. The van der Waals surface area contributed by atoms with Crippen LogP contribution in [0.1, 0.15) is 28.1 Å². The molecule has 5 nitrogen and oxygen atoms in total. The Kier molecular flexibility index (Phi) is 4.11. The first-order chi connectivity index (χ1) is 10.6. The molecule has 6 heteroatoms. The maximum Gasteiger partial charge on any atom is 0.409 e. The number of anilines is 1. The van der Waals surface area contributed by atoms with Gasteiger partial charge in [0.2, 0.25) is 0 Å². The molecule has 0 atom stereocenters. The van der Waals surface area contributed by atoms with E-state index < -0.39 is 6.09 Å². The topological polar surface area (TPSA) is 72.6 Å². The molecule has 22 heavy (non-hydrogen) atoms. The first-order valence-electron chi connectivity index (χ1n) is 7.11. The van der Waals surface area contributed by atoms with Crippen molar-refractivity contribution in [3.8, 4) is 5.75 Å². The number of carbonyl (C=O) groups excluding carboxylic acids is 2. The van der Waals surface area contributed by atoms with Gasteiger partial charge in [-0.05, 0) is 55.0 Å². The zero-order valence-electron chi connectivity index (χ0n) is 12.0. The predicted molar refractivity (Wildman–Crippen MR) is 85.6 cm³/mol. The minimum atomic E-state index is -0.866. The molecule has 1 aromatic heterocycles. The number of nitrogens with zero attached hydrogens (tertiary/aromatic N) is 1. The van der Waals surface area contributed by atoms with Crippen molar-refractivity contribution in [2.24, 2.45) is 5.73 Å². The molecule has 2 aromatic rings. The lowest BCUT2D eigenvalue weighted by Crippen LogP contribution is -2.31. The summed E-state index contributed by atoms with van der Waals surface area (Å²) >= 11 is 1.70. The van der Waals surface area contributed by atoms with Crippen LogP contribution in [0.25, 0.3) is 0 Å². The molecule has 0 unspecified atom stereocenters. The summed E-state index contributed by atoms with van der Waals surface area (Å²) in [6.45, 7) is 0.724. The molecule has 0 fully saturated rings. The third-order valence-corrected chi connectivity index (χ3v) is 4.58. The number of amides is 2. The van der Waals surface area contributed by atoms with Crippen molar-refractivity contribution in [1.82, 2.24) is 0 Å². The van der Waals surface area contributed by atoms with Gasteiger partial charge in [-0.25, -0.2) is 4.79 Å². The van der Waals surface area contributed by atoms with Gasteiger partial charge in [-0.2, -0.15) is 0 Å². The maximum absolute atomic E-state index is 12.7. The minimum absolute atomic E-state index is 0.0350. The van der Waals surface area contributed by atoms with Crippen LogP contribution in [0.2, 0.25) is 0 Å². The fourth-order valence-corrected chi connectivity index (χ4v) is 3.51. The number of thiophene rings is 1. The number of hydrogen-bond acceptors (Lipinski definition) is 4. The lowest BCUT2D eigenvalue weighted by atomic mass is 10.1. The van der Waals surface area contributed by atoms with E-state index in [4.69, 9.17) is 10.5 Å². The zero-order chi connectivity index (χ0) is 15.5. The molecule has 1 aliphatic rings. The summed E-state index contributed by atoms with van der Waals surface area (Å²) in [5, 5.41) is 2.03. The highest BCUT2D eigenvalue weighted by molar-refractivity contribution is 7.10. The summed E-state index contributed by atoms with van der Waals surface area (Å²) in [5.74, 6) is 0.295. The van der Waals surface area contributed by atoms with E-state index >= 15 is 0 Å². The molecule has 2 heterocycles. The number of fused-ring (bicyclic) bond motifs is 1. The van der Waals surface area contributed by atoms with Gasteiger partial charge in [0.25, 0.3) is 5.91 Å². The Morgan fingerprint density at radius 3 is 2.64 bits per heavy atom. The van der Waals surface area contributed by atoms with E-state index in [-0.39, 0.29) is 5.91 Å². The van der Waals surface area contributed by atoms with E-state index in [1.165, 1.54) is 4.88 Å². The van der Waals surface area contributed by atoms with Crippen LogP contribution in [0.4, 0.5) is 10.5 Å². The van der Waals surface area contributed by atoms with Crippen molar-refractivity contribution in [2.75, 3.05) is 11.4 Å². The number of nitrogens with two attached hydrogens (primary N) is 1. The van der Waals surface area contributed by atoms with Crippen molar-refractivity contribution in [3.05, 3.63) is 46.2 Å². The number of hydrogen-bond donors (Lipinski definition) is 1. The second-order valence-electron chi connectivity index (χ2n) is 5.09. The van der Waals surface area contributed by atoms with Crippen LogP contribution in [0, 0.1) is 0 Å². The predicted octanol–water partition coefficient (Wildman–Crippen LogP) is 3.19. The van der Waals surface area contributed by atoms with Crippen LogP contribution in [0.15, 0.2) is 35.7 Å². The summed E-state index contributed by atoms with van der Waals surface area (Å²) in [6, 6.07) is 8.46. The van der Waals surface area contributed by atoms with E-state index in [2.05, 4.69) is 0 Å². The molecule has 0 spiro atoms. The normalized spacial score (nSPS) is 14.1. The van der Waals surface area contributed by atoms with E-state index in [1.54, 1.807) is 35.6 Å². The highest BCUT2D eigenvalue weighted by Crippen LogP contribution is 2.32. The fourth-order valence-electron chi connectivity index (χ4n) is 2.59. The lowest BCUT2D eigenvalue weighted by Gasteiger charge is -2.21. The molecule has 2 N–H and O–H groups in total. The van der Waals surface area contributed by atoms with Crippen molar-refractivity contribution in [3.63, 3.8) is 0 Å². The van der Waals surface area contributed by atoms with E-state index in [9.17, 15) is 9.59 Å². The summed E-state index contributed by atoms with van der Waals surface area (Å²) < 4.78 is 4.77. The maximum atomic E-state index is 12.7. The van der Waals surface area contributed by atoms with Crippen molar-refractivity contribution < 1.29 is 14.3 Å². The van der Waals surface area contributed by atoms with Gasteiger partial charge in [-0.3, -0.25) is 4.79 Å². The number of benzene rings is 1. The smallest absolute Gasteiger partial charge is 0.409 e. The van der Waals surface area contributed by atoms with Crippen LogP contribution < -0.4 is 15.4 Å². The quantitative estimate of drug-likeness (QED) is 0.924. The van der Waals surface area contributed by atoms with Gasteiger partial charge in [0.1, 0.15) is 5.75 Å². The molecule has 0 aliphatic carbocycles. The molecular formula is C16H16N2O3S. The SMILES string of the molecule is NC(=O)Oc1ccc(C(=O)N2CCCCc3sccc32)cc1. The fraction of sp³-hybridized carbons (Fsp3) is 0.250. The van der Waals surface area contributed by atoms with Crippen LogP contribution >= 0.6 is 11.3 Å². The molecule has 2 amide bonds. The van der Waals surface area contributed by atoms with Gasteiger partial charge in [-0.15, -0.1) is 11.3 Å². The Hall–Kier alpha value is -2.34. The lowest BCUT2D eigenvalue weighted by molar-refractivity contribution is 0.0987. The van der Waals surface area contributed by atoms with Crippen LogP contribution in [-0.4, -0.2) is 18.5 Å². The highest BCUT2D eigenvalue weighted by atomic mass is 32.1. The number of primary amides is 1. The van der Waals surface area contributed by atoms with Crippen molar-refractivity contribution in [1.29, 1.82) is 0 Å². The molecular weight excluding hydrogens is 300 g/mol. The second kappa shape index (κ2) is 6.19. The largest absolute Gasteiger partial charge is 0.411 e. The Morgan fingerprint density at radius 2 is 1.91 bits per heavy atom. The standard InChI is InChI=1S/C16H16N2O3S/c17-16(20)21-12-6-4-11(5-7-12)15(19)18-9-2-1-3-14-13(18)8-10-22-14/h4-8,10H,1-3,9H2,(H2,17,20). The number of carbonyl (C=O) groups is 2. The van der Waals surface area contributed by atoms with Crippen molar-refractivity contribution in [2.45, 2.75) is 19.3 Å². The number of ether oxygens (including phenoxy) is 1. The molecule has 1 aromatic carbocycles. The highest BCUT2D eigenvalue weighted by Gasteiger charge is 2.23. The second-order valence-corrected chi connectivity index (χ2v) is 6.09. The van der Waals surface area contributed by atoms with Gasteiger partial charge >= 0.3 is 6.09 Å². The zero-order valence-corrected chi connectivity index (χ0v) is 12.8. The van der Waals surface area contributed by atoms with Gasteiger partial charge in [0.15, 0.2) is 0 Å². The third kappa shape index (κ3) is 2.96. The van der Waals surface area contributed by atoms with E-state index in [1.807, 2.05) is 16.3 Å². The van der Waals surface area contributed by atoms with Gasteiger partial charge in [0.05, 0.1) is 5.69 Å². The first kappa shape index (κ1) is 14.6. The molecule has 1 aliphatic heterocycles. The molecule has 3 rings (SSSR count). The Morgan fingerprint density at radius 1 is 1.14 bits per heavy atom. The monoisotopic (exact) mass is 316 g/mol. The van der Waals surface area contributed by atoms with Gasteiger partial charge in [0, 0.05) is 17.0 Å². The minimum Gasteiger partial charge on any atom is -0.411 e. The summed E-state index contributed by atoms with van der Waals surface area (Å²) in [7, 11) is 0. The molecule has 0 bridgehead atoms. The summed E-state index contributed by atoms with van der Waals surface area (Å²) in [4.78, 5) is 26.6. The summed E-state index contributed by atoms with van der Waals surface area (Å²) in [5.41, 5.74) is 6.55. The average molecular weight is 316 g/mol. The van der Waals surface area contributed by atoms with Crippen LogP contribution in [-0.2, 0) is 6.42 Å². The summed E-state index contributed by atoms with van der Waals surface area (Å²) in [6.07, 6.45) is 2.26. The number of aryl methyl sites for hydroxylation is 1. The molecule has 0 saturated carbocycles. The molecule has 0 saturated heterocycles. The third-order valence-electron chi connectivity index (χ3n) is 3.61. The van der Waals surface area contributed by atoms with E-state index in [0.717, 1.165) is 31.5 Å². The van der Waals surface area contributed by atoms with Crippen LogP contribution in [0.3, 0.4) is 0 Å². The average Bonchev–Trinajstić information content (AvgIpc) is 2.86. The molecule has 0 radical (unpaired) electrons. The van der Waals surface area contributed by atoms with Gasteiger partial charge in [-0.1, -0.05) is 0 Å². The van der Waals surface area contributed by atoms with Crippen molar-refractivity contribution >= 4 is 29.0 Å².